The summed E-state index contributed by atoms with van der Waals surface area (Å²) < 4.78 is 0. The number of carbonyl (C=O) groups is 1. The smallest absolute Gasteiger partial charge is 0.224 e. The van der Waals surface area contributed by atoms with Crippen LogP contribution in [0.3, 0.4) is 0 Å². The quantitative estimate of drug-likeness (QED) is 0.658. The Balaban J connectivity index is 1.36. The number of hydrogen-bond acceptors (Lipinski definition) is 5. The van der Waals surface area contributed by atoms with Gasteiger partial charge in [0, 0.05) is 42.6 Å². The third-order valence-corrected chi connectivity index (χ3v) is 4.83. The SMILES string of the molecule is O=C(Cc1c[nH]c2ccccc12)N[C@@H]1CCN(c2cnccn2)C[C@H]1O. The van der Waals surface area contributed by atoms with Crippen molar-refractivity contribution in [3.8, 4) is 0 Å². The molecule has 3 N–H and O–H groups in total. The van der Waals surface area contributed by atoms with Crippen LogP contribution in [0.5, 0.6) is 0 Å². The first kappa shape index (κ1) is 16.5. The van der Waals surface area contributed by atoms with Crippen LogP contribution in [0.4, 0.5) is 5.82 Å². The summed E-state index contributed by atoms with van der Waals surface area (Å²) in [6, 6.07) is 7.67. The molecule has 2 atom stereocenters. The number of aromatic nitrogens is 3. The molecule has 0 unspecified atom stereocenters. The van der Waals surface area contributed by atoms with E-state index in [0.717, 1.165) is 22.3 Å². The summed E-state index contributed by atoms with van der Waals surface area (Å²) in [7, 11) is 0. The summed E-state index contributed by atoms with van der Waals surface area (Å²) in [5, 5.41) is 14.5. The number of aliphatic hydroxyl groups is 1. The number of benzene rings is 1. The summed E-state index contributed by atoms with van der Waals surface area (Å²) in [4.78, 5) is 25.9. The minimum Gasteiger partial charge on any atom is -0.389 e. The molecule has 0 bridgehead atoms. The fraction of sp³-hybridized carbons (Fsp3) is 0.316. The number of nitrogens with one attached hydrogen (secondary N) is 2. The van der Waals surface area contributed by atoms with Gasteiger partial charge in [0.2, 0.25) is 5.91 Å². The molecule has 4 rings (SSSR count). The maximum absolute atomic E-state index is 12.4. The van der Waals surface area contributed by atoms with Gasteiger partial charge in [-0.05, 0) is 18.1 Å². The van der Waals surface area contributed by atoms with Gasteiger partial charge in [-0.2, -0.15) is 0 Å². The highest BCUT2D eigenvalue weighted by molar-refractivity contribution is 5.88. The maximum atomic E-state index is 12.4. The minimum absolute atomic E-state index is 0.0771. The average molecular weight is 351 g/mol. The first-order valence-corrected chi connectivity index (χ1v) is 8.74. The number of piperidine rings is 1. The van der Waals surface area contributed by atoms with Gasteiger partial charge < -0.3 is 20.3 Å². The van der Waals surface area contributed by atoms with Crippen molar-refractivity contribution in [2.75, 3.05) is 18.0 Å². The second-order valence-electron chi connectivity index (χ2n) is 6.58. The molecule has 0 radical (unpaired) electrons. The number of fused-ring (bicyclic) bond motifs is 1. The van der Waals surface area contributed by atoms with Crippen LogP contribution in [0, 0.1) is 0 Å². The molecule has 3 heterocycles. The lowest BCUT2D eigenvalue weighted by molar-refractivity contribution is -0.122. The Morgan fingerprint density at radius 3 is 3.04 bits per heavy atom. The van der Waals surface area contributed by atoms with Crippen LogP contribution in [-0.4, -0.2) is 51.2 Å². The molecule has 0 saturated carbocycles. The lowest BCUT2D eigenvalue weighted by atomic mass is 10.0. The highest BCUT2D eigenvalue weighted by atomic mass is 16.3. The van der Waals surface area contributed by atoms with E-state index in [1.165, 1.54) is 0 Å². The van der Waals surface area contributed by atoms with E-state index in [0.29, 0.717) is 25.9 Å². The Bertz CT molecular complexity index is 895. The van der Waals surface area contributed by atoms with Crippen LogP contribution in [0.25, 0.3) is 10.9 Å². The van der Waals surface area contributed by atoms with Crippen LogP contribution in [0.15, 0.2) is 49.1 Å². The lowest BCUT2D eigenvalue weighted by Gasteiger charge is -2.36. The van der Waals surface area contributed by atoms with Crippen LogP contribution in [0.2, 0.25) is 0 Å². The predicted molar refractivity (Wildman–Crippen MR) is 98.8 cm³/mol. The summed E-state index contributed by atoms with van der Waals surface area (Å²) >= 11 is 0. The second kappa shape index (κ2) is 7.13. The molecule has 1 amide bonds. The van der Waals surface area contributed by atoms with Gasteiger partial charge in [-0.3, -0.25) is 9.78 Å². The zero-order valence-corrected chi connectivity index (χ0v) is 14.3. The van der Waals surface area contributed by atoms with E-state index in [1.807, 2.05) is 35.4 Å². The summed E-state index contributed by atoms with van der Waals surface area (Å²) in [5.74, 6) is 0.668. The largest absolute Gasteiger partial charge is 0.389 e. The Kier molecular flexibility index (Phi) is 4.53. The van der Waals surface area contributed by atoms with Gasteiger partial charge >= 0.3 is 0 Å². The Hall–Kier alpha value is -2.93. The van der Waals surface area contributed by atoms with E-state index in [1.54, 1.807) is 18.6 Å². The van der Waals surface area contributed by atoms with E-state index < -0.39 is 6.10 Å². The van der Waals surface area contributed by atoms with Gasteiger partial charge in [-0.25, -0.2) is 4.98 Å². The van der Waals surface area contributed by atoms with E-state index in [9.17, 15) is 9.90 Å². The molecule has 1 fully saturated rings. The number of β-amino-alcohol motifs (C(OH)–C–C–N with tert-alkyl or cyclic N) is 1. The van der Waals surface area contributed by atoms with Gasteiger partial charge in [0.25, 0.3) is 0 Å². The van der Waals surface area contributed by atoms with Gasteiger partial charge in [0.05, 0.1) is 24.8 Å². The predicted octanol–water partition coefficient (Wildman–Crippen LogP) is 1.26. The minimum atomic E-state index is -0.641. The molecule has 0 aliphatic carbocycles. The average Bonchev–Trinajstić information content (AvgIpc) is 3.07. The standard InChI is InChI=1S/C19H21N5O2/c25-17-12-24(18-11-20-6-7-21-18)8-5-16(17)23-19(26)9-13-10-22-15-4-2-1-3-14(13)15/h1-4,6-7,10-11,16-17,22,25H,5,8-9,12H2,(H,23,26)/t16-,17-/m1/s1. The topological polar surface area (TPSA) is 94.1 Å². The second-order valence-corrected chi connectivity index (χ2v) is 6.58. The molecular formula is C19H21N5O2. The van der Waals surface area contributed by atoms with Crippen molar-refractivity contribution in [1.82, 2.24) is 20.3 Å². The number of aromatic amines is 1. The highest BCUT2D eigenvalue weighted by Crippen LogP contribution is 2.19. The van der Waals surface area contributed by atoms with Crippen LogP contribution in [-0.2, 0) is 11.2 Å². The molecule has 1 aliphatic heterocycles. The fourth-order valence-electron chi connectivity index (χ4n) is 3.47. The lowest BCUT2D eigenvalue weighted by Crippen LogP contribution is -2.54. The van der Waals surface area contributed by atoms with Gasteiger partial charge in [-0.1, -0.05) is 18.2 Å². The number of carbonyl (C=O) groups excluding carboxylic acids is 1. The molecule has 1 saturated heterocycles. The molecule has 7 nitrogen and oxygen atoms in total. The van der Waals surface area contributed by atoms with Crippen molar-refractivity contribution in [3.63, 3.8) is 0 Å². The third-order valence-electron chi connectivity index (χ3n) is 4.83. The van der Waals surface area contributed by atoms with E-state index in [2.05, 4.69) is 20.3 Å². The third kappa shape index (κ3) is 3.39. The van der Waals surface area contributed by atoms with Crippen molar-refractivity contribution < 1.29 is 9.90 Å². The number of H-pyrrole nitrogens is 1. The monoisotopic (exact) mass is 351 g/mol. The Labute approximate surface area is 151 Å². The number of hydrogen-bond donors (Lipinski definition) is 3. The number of para-hydroxylation sites is 1. The maximum Gasteiger partial charge on any atom is 0.224 e. The van der Waals surface area contributed by atoms with Gasteiger partial charge in [0.15, 0.2) is 0 Å². The molecule has 1 aliphatic rings. The molecule has 0 spiro atoms. The van der Waals surface area contributed by atoms with Gasteiger partial charge in [-0.15, -0.1) is 0 Å². The first-order chi connectivity index (χ1) is 12.7. The normalized spacial score (nSPS) is 20.3. The number of rotatable bonds is 4. The van der Waals surface area contributed by atoms with E-state index in [4.69, 9.17) is 0 Å². The van der Waals surface area contributed by atoms with Crippen molar-refractivity contribution >= 4 is 22.6 Å². The number of aliphatic hydroxyl groups excluding tert-OH is 1. The molecule has 2 aromatic heterocycles. The molecule has 134 valence electrons. The Morgan fingerprint density at radius 2 is 2.23 bits per heavy atom. The van der Waals surface area contributed by atoms with Gasteiger partial charge in [0.1, 0.15) is 5.82 Å². The van der Waals surface area contributed by atoms with Crippen molar-refractivity contribution in [1.29, 1.82) is 0 Å². The number of amides is 1. The van der Waals surface area contributed by atoms with E-state index in [-0.39, 0.29) is 11.9 Å². The zero-order chi connectivity index (χ0) is 17.9. The van der Waals surface area contributed by atoms with Crippen LogP contribution in [0.1, 0.15) is 12.0 Å². The Morgan fingerprint density at radius 1 is 1.35 bits per heavy atom. The first-order valence-electron chi connectivity index (χ1n) is 8.74. The van der Waals surface area contributed by atoms with Crippen molar-refractivity contribution in [3.05, 3.63) is 54.6 Å². The molecule has 7 heteroatoms. The zero-order valence-electron chi connectivity index (χ0n) is 14.3. The summed E-state index contributed by atoms with van der Waals surface area (Å²) in [5.41, 5.74) is 1.98. The van der Waals surface area contributed by atoms with Crippen LogP contribution < -0.4 is 10.2 Å². The van der Waals surface area contributed by atoms with E-state index >= 15 is 0 Å². The molecular weight excluding hydrogens is 330 g/mol. The molecule has 1 aromatic carbocycles. The molecule has 26 heavy (non-hydrogen) atoms. The summed E-state index contributed by atoms with van der Waals surface area (Å²) in [6.07, 6.45) is 7.13. The van der Waals surface area contributed by atoms with Crippen LogP contribution >= 0.6 is 0 Å². The number of nitrogens with zero attached hydrogens (tertiary/aromatic N) is 3. The number of anilines is 1. The summed E-state index contributed by atoms with van der Waals surface area (Å²) in [6.45, 7) is 1.14. The fourth-order valence-corrected chi connectivity index (χ4v) is 3.47. The van der Waals surface area contributed by atoms with Crippen molar-refractivity contribution in [2.24, 2.45) is 0 Å². The highest BCUT2D eigenvalue weighted by Gasteiger charge is 2.29. The molecule has 3 aromatic rings. The van der Waals surface area contributed by atoms with Crippen molar-refractivity contribution in [2.45, 2.75) is 25.0 Å².